The molecule has 7 heavy (non-hydrogen) atoms. The van der Waals surface area contributed by atoms with Gasteiger partial charge in [-0.2, -0.15) is 0 Å². The molecule has 0 aromatic carbocycles. The Balaban J connectivity index is 0. The van der Waals surface area contributed by atoms with Crippen molar-refractivity contribution < 1.29 is 8.92 Å². The minimum atomic E-state index is -0.810. The average molecular weight is 211 g/mol. The molecule has 44 valence electrons. The van der Waals surface area contributed by atoms with E-state index in [-0.39, 0.29) is 5.48 Å². The quantitative estimate of drug-likeness (QED) is 0.517. The fourth-order valence-corrected chi connectivity index (χ4v) is 1.72. The molecule has 0 aliphatic carbocycles. The van der Waals surface area contributed by atoms with E-state index in [9.17, 15) is 0 Å². The summed E-state index contributed by atoms with van der Waals surface area (Å²) in [5, 5.41) is 0. The topological polar surface area (TPSA) is 51.7 Å². The van der Waals surface area contributed by atoms with E-state index in [2.05, 4.69) is 6.92 Å². The predicted octanol–water partition coefficient (Wildman–Crippen LogP) is -0.00840. The van der Waals surface area contributed by atoms with Gasteiger partial charge in [0.1, 0.15) is 0 Å². The summed E-state index contributed by atoms with van der Waals surface area (Å²) in [6.07, 6.45) is 2.48. The largest absolute Gasteiger partial charge is 0.412 e. The summed E-state index contributed by atoms with van der Waals surface area (Å²) in [5.41, 5.74) is 0. The Labute approximate surface area is 55.0 Å². The Morgan fingerprint density at radius 3 is 2.29 bits per heavy atom. The predicted molar refractivity (Wildman–Crippen MR) is 31.3 cm³/mol. The molecule has 0 aliphatic heterocycles. The van der Waals surface area contributed by atoms with E-state index in [0.29, 0.717) is 0 Å². The standard InChI is InChI=1S/C4H9.2H2O.Sn/c1-3-4-2;;;/h1,3-4H2,2H3;2*1H2;/q;;;+1/p-1. The molecule has 0 amide bonds. The van der Waals surface area contributed by atoms with Crippen LogP contribution in [0.5, 0.6) is 0 Å². The normalized spacial score (nSPS) is 7.71. The zero-order valence-corrected chi connectivity index (χ0v) is 7.42. The maximum atomic E-state index is 8.37. The van der Waals surface area contributed by atoms with Gasteiger partial charge in [-0.25, -0.2) is 0 Å². The van der Waals surface area contributed by atoms with Crippen molar-refractivity contribution in [2.75, 3.05) is 0 Å². The first-order valence-corrected chi connectivity index (χ1v) is 5.58. The van der Waals surface area contributed by atoms with Crippen LogP contribution in [-0.2, 0) is 0 Å². The van der Waals surface area contributed by atoms with E-state index in [1.54, 1.807) is 0 Å². The Bertz CT molecular complexity index is 21.7. The molecule has 0 spiro atoms. The third-order valence-electron chi connectivity index (χ3n) is 0.642. The van der Waals surface area contributed by atoms with Gasteiger partial charge in [-0.1, -0.05) is 0 Å². The second-order valence-corrected chi connectivity index (χ2v) is 3.59. The van der Waals surface area contributed by atoms with Gasteiger partial charge in [0.15, 0.2) is 0 Å². The van der Waals surface area contributed by atoms with Gasteiger partial charge in [0.05, 0.1) is 0 Å². The zero-order chi connectivity index (χ0) is 4.83. The molecule has 0 aliphatic rings. The van der Waals surface area contributed by atoms with Crippen molar-refractivity contribution >= 4 is 21.6 Å². The van der Waals surface area contributed by atoms with E-state index < -0.39 is 21.6 Å². The van der Waals surface area contributed by atoms with Crippen LogP contribution in [0.1, 0.15) is 19.8 Å². The molecule has 3 N–H and O–H groups in total. The fourth-order valence-electron chi connectivity index (χ4n) is 0.256. The maximum absolute atomic E-state index is 8.37. The summed E-state index contributed by atoms with van der Waals surface area (Å²) < 4.78 is 9.51. The van der Waals surface area contributed by atoms with Gasteiger partial charge in [0, 0.05) is 0 Å². The number of hydrogen-bond acceptors (Lipinski definition) is 1. The van der Waals surface area contributed by atoms with Crippen molar-refractivity contribution in [3.8, 4) is 0 Å². The van der Waals surface area contributed by atoms with Crippen molar-refractivity contribution in [2.45, 2.75) is 24.2 Å². The molecular weight excluding hydrogens is 199 g/mol. The molecule has 0 bridgehead atoms. The third-order valence-corrected chi connectivity index (χ3v) is 2.29. The smallest absolute Gasteiger partial charge is 0.412 e. The molecular formula is C4H12O2Sn. The maximum Gasteiger partial charge on any atom is -0.412 e. The Hall–Kier alpha value is 0.719. The number of unbranched alkanes of at least 4 members (excludes halogenated alkanes) is 1. The molecule has 0 aromatic rings. The Morgan fingerprint density at radius 1 is 1.57 bits per heavy atom. The minimum absolute atomic E-state index is 0. The van der Waals surface area contributed by atoms with Gasteiger partial charge in [-0.05, 0) is 0 Å². The molecule has 3 heteroatoms. The van der Waals surface area contributed by atoms with E-state index >= 15 is 0 Å². The van der Waals surface area contributed by atoms with Crippen LogP contribution in [0, 0.1) is 0 Å². The van der Waals surface area contributed by atoms with Crippen LogP contribution in [0.15, 0.2) is 0 Å². The summed E-state index contributed by atoms with van der Waals surface area (Å²) in [5.74, 6) is 0. The van der Waals surface area contributed by atoms with Crippen molar-refractivity contribution in [1.29, 1.82) is 0 Å². The van der Waals surface area contributed by atoms with Gasteiger partial charge >= 0.3 is 49.2 Å². The number of rotatable bonds is 3. The van der Waals surface area contributed by atoms with Crippen LogP contribution < -0.4 is 0 Å². The molecule has 0 unspecified atom stereocenters. The van der Waals surface area contributed by atoms with Gasteiger partial charge < -0.3 is 5.48 Å². The van der Waals surface area contributed by atoms with Crippen LogP contribution in [0.3, 0.4) is 0 Å². The first kappa shape index (κ1) is 10.7. The Kier molecular flexibility index (Phi) is 15.0. The van der Waals surface area contributed by atoms with Crippen molar-refractivity contribution in [3.63, 3.8) is 0 Å². The van der Waals surface area contributed by atoms with Gasteiger partial charge in [0.2, 0.25) is 0 Å². The Morgan fingerprint density at radius 2 is 2.14 bits per heavy atom. The van der Waals surface area contributed by atoms with Gasteiger partial charge in [-0.3, -0.25) is 0 Å². The van der Waals surface area contributed by atoms with Crippen LogP contribution in [0.25, 0.3) is 0 Å². The minimum Gasteiger partial charge on any atom is -0.412 e. The molecule has 0 saturated carbocycles. The summed E-state index contributed by atoms with van der Waals surface area (Å²) in [6.45, 7) is 2.15. The van der Waals surface area contributed by atoms with Crippen LogP contribution in [0.2, 0.25) is 4.44 Å². The van der Waals surface area contributed by atoms with Crippen LogP contribution >= 0.6 is 0 Å². The zero-order valence-electron chi connectivity index (χ0n) is 4.57. The molecule has 0 rings (SSSR count). The molecule has 0 saturated heterocycles. The molecule has 2 radical (unpaired) electrons. The van der Waals surface area contributed by atoms with Crippen molar-refractivity contribution in [1.82, 2.24) is 0 Å². The SMILES string of the molecule is CCC[CH2][Sn][OH].O. The van der Waals surface area contributed by atoms with Gasteiger partial charge in [-0.15, -0.1) is 0 Å². The molecule has 0 fully saturated rings. The van der Waals surface area contributed by atoms with Crippen molar-refractivity contribution in [3.05, 3.63) is 0 Å². The summed E-state index contributed by atoms with van der Waals surface area (Å²) in [7, 11) is 0. The second-order valence-electron chi connectivity index (χ2n) is 1.26. The van der Waals surface area contributed by atoms with E-state index in [4.69, 9.17) is 3.44 Å². The monoisotopic (exact) mass is 212 g/mol. The molecule has 0 atom stereocenters. The first-order valence-electron chi connectivity index (χ1n) is 2.28. The number of hydrogen-bond donors (Lipinski definition) is 1. The van der Waals surface area contributed by atoms with E-state index in [1.807, 2.05) is 0 Å². The average Bonchev–Trinajstić information content (AvgIpc) is 1.61. The fraction of sp³-hybridized carbons (Fsp3) is 1.00. The molecule has 2 nitrogen and oxygen atoms in total. The van der Waals surface area contributed by atoms with Crippen molar-refractivity contribution in [2.24, 2.45) is 0 Å². The molecule has 0 aromatic heterocycles. The summed E-state index contributed by atoms with van der Waals surface area (Å²) in [6, 6.07) is 0. The van der Waals surface area contributed by atoms with Gasteiger partial charge in [0.25, 0.3) is 0 Å². The van der Waals surface area contributed by atoms with E-state index in [0.717, 1.165) is 4.44 Å². The van der Waals surface area contributed by atoms with E-state index in [1.165, 1.54) is 12.8 Å². The first-order chi connectivity index (χ1) is 2.91. The van der Waals surface area contributed by atoms with Crippen LogP contribution in [0.4, 0.5) is 0 Å². The van der Waals surface area contributed by atoms with Crippen LogP contribution in [-0.4, -0.2) is 30.5 Å². The molecule has 0 heterocycles. The second kappa shape index (κ2) is 9.87. The summed E-state index contributed by atoms with van der Waals surface area (Å²) in [4.78, 5) is 0. The summed E-state index contributed by atoms with van der Waals surface area (Å²) >= 11 is -0.810. The third kappa shape index (κ3) is 10.8.